The van der Waals surface area contributed by atoms with Crippen molar-refractivity contribution in [3.05, 3.63) is 71.3 Å². The predicted octanol–water partition coefficient (Wildman–Crippen LogP) is 2.39. The maximum Gasteiger partial charge on any atom is 0.251 e. The number of carbonyl (C=O) groups excluding carboxylic acids is 1. The van der Waals surface area contributed by atoms with E-state index in [1.165, 1.54) is 7.11 Å². The van der Waals surface area contributed by atoms with E-state index < -0.39 is 6.10 Å². The van der Waals surface area contributed by atoms with Crippen LogP contribution in [-0.2, 0) is 11.3 Å². The van der Waals surface area contributed by atoms with E-state index in [0.29, 0.717) is 12.0 Å². The van der Waals surface area contributed by atoms with Gasteiger partial charge in [-0.05, 0) is 30.2 Å². The molecule has 2 atom stereocenters. The second kappa shape index (κ2) is 8.84. The number of hydrogen-bond donors (Lipinski definition) is 2. The Morgan fingerprint density at radius 1 is 1.21 bits per heavy atom. The maximum atomic E-state index is 12.3. The molecule has 0 aromatic heterocycles. The molecule has 0 saturated carbocycles. The SMILES string of the molecule is CO/N=C/c1ccc(C(=O)NC(C)C(O)Cc2ccccc2)cc1. The summed E-state index contributed by atoms with van der Waals surface area (Å²) in [5.41, 5.74) is 2.40. The van der Waals surface area contributed by atoms with E-state index in [9.17, 15) is 9.90 Å². The molecule has 0 aliphatic carbocycles. The van der Waals surface area contributed by atoms with Gasteiger partial charge in [0.2, 0.25) is 0 Å². The zero-order valence-corrected chi connectivity index (χ0v) is 13.8. The predicted molar refractivity (Wildman–Crippen MR) is 94.1 cm³/mol. The number of hydrogen-bond acceptors (Lipinski definition) is 4. The second-order valence-corrected chi connectivity index (χ2v) is 5.56. The molecule has 1 amide bonds. The Bertz CT molecular complexity index is 669. The van der Waals surface area contributed by atoms with Crippen molar-refractivity contribution in [3.63, 3.8) is 0 Å². The molecule has 0 aliphatic heterocycles. The highest BCUT2D eigenvalue weighted by atomic mass is 16.6. The summed E-state index contributed by atoms with van der Waals surface area (Å²) in [7, 11) is 1.47. The minimum Gasteiger partial charge on any atom is -0.399 e. The summed E-state index contributed by atoms with van der Waals surface area (Å²) in [6.45, 7) is 1.80. The molecule has 2 unspecified atom stereocenters. The molecule has 0 heterocycles. The summed E-state index contributed by atoms with van der Waals surface area (Å²) in [5, 5.41) is 16.8. The van der Waals surface area contributed by atoms with Gasteiger partial charge in [0.25, 0.3) is 5.91 Å². The van der Waals surface area contributed by atoms with Gasteiger partial charge < -0.3 is 15.3 Å². The van der Waals surface area contributed by atoms with Gasteiger partial charge in [0.1, 0.15) is 7.11 Å². The number of carbonyl (C=O) groups is 1. The van der Waals surface area contributed by atoms with Gasteiger partial charge >= 0.3 is 0 Å². The summed E-state index contributed by atoms with van der Waals surface area (Å²) in [4.78, 5) is 16.9. The average molecular weight is 326 g/mol. The van der Waals surface area contributed by atoms with Crippen LogP contribution in [0.1, 0.15) is 28.4 Å². The van der Waals surface area contributed by atoms with Crippen LogP contribution in [0.2, 0.25) is 0 Å². The van der Waals surface area contributed by atoms with E-state index >= 15 is 0 Å². The van der Waals surface area contributed by atoms with Gasteiger partial charge in [-0.1, -0.05) is 47.6 Å². The Hall–Kier alpha value is -2.66. The number of amides is 1. The van der Waals surface area contributed by atoms with Gasteiger partial charge in [-0.2, -0.15) is 0 Å². The van der Waals surface area contributed by atoms with Crippen LogP contribution < -0.4 is 5.32 Å². The van der Waals surface area contributed by atoms with Crippen LogP contribution in [0.5, 0.6) is 0 Å². The normalized spacial score (nSPS) is 13.5. The first-order valence-electron chi connectivity index (χ1n) is 7.79. The van der Waals surface area contributed by atoms with E-state index in [0.717, 1.165) is 11.1 Å². The van der Waals surface area contributed by atoms with Crippen LogP contribution in [0, 0.1) is 0 Å². The van der Waals surface area contributed by atoms with Gasteiger partial charge in [0, 0.05) is 12.0 Å². The topological polar surface area (TPSA) is 70.9 Å². The lowest BCUT2D eigenvalue weighted by Crippen LogP contribution is -2.42. The Morgan fingerprint density at radius 2 is 1.88 bits per heavy atom. The molecular formula is C19H22N2O3. The van der Waals surface area contributed by atoms with E-state index in [-0.39, 0.29) is 11.9 Å². The van der Waals surface area contributed by atoms with Crippen LogP contribution in [-0.4, -0.2) is 36.5 Å². The molecule has 2 rings (SSSR count). The van der Waals surface area contributed by atoms with Crippen molar-refractivity contribution in [2.24, 2.45) is 5.16 Å². The standard InChI is InChI=1S/C19H22N2O3/c1-14(18(22)12-15-6-4-3-5-7-15)21-19(23)17-10-8-16(9-11-17)13-20-24-2/h3-11,13-14,18,22H,12H2,1-2H3,(H,21,23)/b20-13+. The van der Waals surface area contributed by atoms with Crippen molar-refractivity contribution in [2.45, 2.75) is 25.5 Å². The van der Waals surface area contributed by atoms with Gasteiger partial charge in [0.15, 0.2) is 0 Å². The number of nitrogens with one attached hydrogen (secondary N) is 1. The fourth-order valence-corrected chi connectivity index (χ4v) is 2.25. The Balaban J connectivity index is 1.91. The molecule has 24 heavy (non-hydrogen) atoms. The molecule has 0 radical (unpaired) electrons. The van der Waals surface area contributed by atoms with E-state index in [1.54, 1.807) is 37.4 Å². The quantitative estimate of drug-likeness (QED) is 0.606. The lowest BCUT2D eigenvalue weighted by molar-refractivity contribution is 0.0852. The van der Waals surface area contributed by atoms with E-state index in [4.69, 9.17) is 0 Å². The highest BCUT2D eigenvalue weighted by Crippen LogP contribution is 2.08. The first kappa shape index (κ1) is 17.7. The fraction of sp³-hybridized carbons (Fsp3) is 0.263. The zero-order chi connectivity index (χ0) is 17.4. The van der Waals surface area contributed by atoms with Crippen molar-refractivity contribution in [1.82, 2.24) is 5.32 Å². The van der Waals surface area contributed by atoms with Crippen LogP contribution in [0.15, 0.2) is 59.8 Å². The van der Waals surface area contributed by atoms with Gasteiger partial charge in [0.05, 0.1) is 18.4 Å². The second-order valence-electron chi connectivity index (χ2n) is 5.56. The third-order valence-electron chi connectivity index (χ3n) is 3.70. The Labute approximate surface area is 142 Å². The molecule has 5 heteroatoms. The molecular weight excluding hydrogens is 304 g/mol. The van der Waals surface area contributed by atoms with Crippen molar-refractivity contribution >= 4 is 12.1 Å². The highest BCUT2D eigenvalue weighted by Gasteiger charge is 2.17. The minimum atomic E-state index is -0.649. The summed E-state index contributed by atoms with van der Waals surface area (Å²) < 4.78 is 0. The molecule has 0 bridgehead atoms. The van der Waals surface area contributed by atoms with Crippen LogP contribution in [0.4, 0.5) is 0 Å². The molecule has 2 aromatic carbocycles. The third kappa shape index (κ3) is 5.21. The first-order chi connectivity index (χ1) is 11.6. The van der Waals surface area contributed by atoms with Crippen molar-refractivity contribution in [2.75, 3.05) is 7.11 Å². The third-order valence-corrected chi connectivity index (χ3v) is 3.70. The molecule has 2 aromatic rings. The maximum absolute atomic E-state index is 12.3. The first-order valence-corrected chi connectivity index (χ1v) is 7.79. The highest BCUT2D eigenvalue weighted by molar-refractivity contribution is 5.95. The molecule has 126 valence electrons. The zero-order valence-electron chi connectivity index (χ0n) is 13.8. The monoisotopic (exact) mass is 326 g/mol. The summed E-state index contributed by atoms with van der Waals surface area (Å²) in [5.74, 6) is -0.218. The number of rotatable bonds is 7. The number of aliphatic hydroxyl groups excluding tert-OH is 1. The van der Waals surface area contributed by atoms with Crippen molar-refractivity contribution in [3.8, 4) is 0 Å². The van der Waals surface area contributed by atoms with E-state index in [2.05, 4.69) is 15.3 Å². The number of benzene rings is 2. The molecule has 0 aliphatic rings. The van der Waals surface area contributed by atoms with Gasteiger partial charge in [-0.15, -0.1) is 0 Å². The largest absolute Gasteiger partial charge is 0.399 e. The smallest absolute Gasteiger partial charge is 0.251 e. The van der Waals surface area contributed by atoms with Crippen LogP contribution >= 0.6 is 0 Å². The van der Waals surface area contributed by atoms with Gasteiger partial charge in [-0.3, -0.25) is 4.79 Å². The Morgan fingerprint density at radius 3 is 2.50 bits per heavy atom. The molecule has 0 fully saturated rings. The molecule has 2 N–H and O–H groups in total. The summed E-state index contributed by atoms with van der Waals surface area (Å²) in [6.07, 6.45) is 1.41. The van der Waals surface area contributed by atoms with Crippen molar-refractivity contribution in [1.29, 1.82) is 0 Å². The number of oxime groups is 1. The van der Waals surface area contributed by atoms with Gasteiger partial charge in [-0.25, -0.2) is 0 Å². The Kier molecular flexibility index (Phi) is 6.51. The van der Waals surface area contributed by atoms with Crippen LogP contribution in [0.25, 0.3) is 0 Å². The average Bonchev–Trinajstić information content (AvgIpc) is 2.61. The lowest BCUT2D eigenvalue weighted by atomic mass is 10.0. The summed E-state index contributed by atoms with van der Waals surface area (Å²) in [6, 6.07) is 16.3. The molecule has 5 nitrogen and oxygen atoms in total. The minimum absolute atomic E-state index is 0.218. The van der Waals surface area contributed by atoms with E-state index in [1.807, 2.05) is 30.3 Å². The fourth-order valence-electron chi connectivity index (χ4n) is 2.25. The summed E-state index contributed by atoms with van der Waals surface area (Å²) >= 11 is 0. The number of aliphatic hydroxyl groups is 1. The van der Waals surface area contributed by atoms with Crippen molar-refractivity contribution < 1.29 is 14.7 Å². The van der Waals surface area contributed by atoms with Crippen LogP contribution in [0.3, 0.4) is 0 Å². The number of nitrogens with zero attached hydrogens (tertiary/aromatic N) is 1. The molecule has 0 spiro atoms. The molecule has 0 saturated heterocycles. The lowest BCUT2D eigenvalue weighted by Gasteiger charge is -2.20.